The number of amides is 1. The van der Waals surface area contributed by atoms with Gasteiger partial charge in [0.25, 0.3) is 5.91 Å². The molecule has 1 amide bonds. The number of rotatable bonds is 5. The molecule has 6 heteroatoms. The highest BCUT2D eigenvalue weighted by Gasteiger charge is 2.15. The minimum atomic E-state index is -0.321. The second-order valence-corrected chi connectivity index (χ2v) is 6.25. The Hall–Kier alpha value is -1.23. The fourth-order valence-corrected chi connectivity index (χ4v) is 2.48. The molecule has 0 atom stereocenters. The molecule has 116 valence electrons. The molecule has 0 saturated carbocycles. The van der Waals surface area contributed by atoms with Crippen molar-refractivity contribution in [3.63, 3.8) is 0 Å². The third-order valence-corrected chi connectivity index (χ3v) is 3.77. The smallest absolute Gasteiger partial charge is 0.259 e. The summed E-state index contributed by atoms with van der Waals surface area (Å²) in [7, 11) is 0. The lowest BCUT2D eigenvalue weighted by Crippen LogP contribution is -2.14. The molecular weight excluding hydrogens is 389 g/mol. The molecule has 22 heavy (non-hydrogen) atoms. The van der Waals surface area contributed by atoms with E-state index in [1.165, 1.54) is 0 Å². The Kier molecular flexibility index (Phi) is 6.12. The number of hydrogen-bond acceptors (Lipinski definition) is 2. The summed E-state index contributed by atoms with van der Waals surface area (Å²) >= 11 is 15.4. The first kappa shape index (κ1) is 17.1. The Morgan fingerprint density at radius 1 is 1.23 bits per heavy atom. The first-order valence-corrected chi connectivity index (χ1v) is 8.45. The Balaban J connectivity index is 2.26. The van der Waals surface area contributed by atoms with Crippen LogP contribution >= 0.6 is 39.1 Å². The number of carbonyl (C=O) groups excluding carboxylic acids is 1. The van der Waals surface area contributed by atoms with Gasteiger partial charge < -0.3 is 10.1 Å². The number of halogens is 3. The van der Waals surface area contributed by atoms with Gasteiger partial charge in [0, 0.05) is 10.4 Å². The van der Waals surface area contributed by atoms with Crippen LogP contribution in [-0.4, -0.2) is 17.8 Å². The van der Waals surface area contributed by atoms with Crippen molar-refractivity contribution in [1.29, 1.82) is 0 Å². The fraction of sp³-hybridized carbons (Fsp3) is 0.188. The summed E-state index contributed by atoms with van der Waals surface area (Å²) in [5, 5.41) is 4.39. The van der Waals surface area contributed by atoms with E-state index in [4.69, 9.17) is 27.9 Å². The van der Waals surface area contributed by atoms with Gasteiger partial charge in [-0.05, 0) is 42.8 Å². The maximum Gasteiger partial charge on any atom is 0.259 e. The molecule has 0 unspecified atom stereocenters. The third-order valence-electron chi connectivity index (χ3n) is 2.89. The van der Waals surface area contributed by atoms with Gasteiger partial charge in [0.05, 0.1) is 22.9 Å². The zero-order valence-electron chi connectivity index (χ0n) is 11.8. The van der Waals surface area contributed by atoms with E-state index >= 15 is 0 Å². The second kappa shape index (κ2) is 7.86. The first-order chi connectivity index (χ1) is 10.5. The highest BCUT2D eigenvalue weighted by atomic mass is 79.9. The number of ether oxygens (including phenoxy) is 1. The fourth-order valence-electron chi connectivity index (χ4n) is 1.87. The van der Waals surface area contributed by atoms with Crippen molar-refractivity contribution in [2.45, 2.75) is 6.92 Å². The van der Waals surface area contributed by atoms with Crippen LogP contribution in [0.25, 0.3) is 0 Å². The van der Waals surface area contributed by atoms with Crippen molar-refractivity contribution < 1.29 is 9.53 Å². The highest BCUT2D eigenvalue weighted by molar-refractivity contribution is 9.09. The Morgan fingerprint density at radius 2 is 2.00 bits per heavy atom. The first-order valence-electron chi connectivity index (χ1n) is 6.57. The predicted molar refractivity (Wildman–Crippen MR) is 94.9 cm³/mol. The summed E-state index contributed by atoms with van der Waals surface area (Å²) in [6.07, 6.45) is 0. The predicted octanol–water partition coefficient (Wildman–Crippen LogP) is 5.33. The van der Waals surface area contributed by atoms with E-state index in [1.807, 2.05) is 13.0 Å². The zero-order valence-corrected chi connectivity index (χ0v) is 14.9. The molecule has 0 aliphatic rings. The topological polar surface area (TPSA) is 38.3 Å². The van der Waals surface area contributed by atoms with Crippen LogP contribution < -0.4 is 10.1 Å². The maximum atomic E-state index is 12.5. The summed E-state index contributed by atoms with van der Waals surface area (Å²) in [6, 6.07) is 10.4. The SMILES string of the molecule is Cc1ccc(NC(=O)c2cc(Cl)ccc2OCCBr)c(Cl)c1. The quantitative estimate of drug-likeness (QED) is 0.686. The van der Waals surface area contributed by atoms with Crippen molar-refractivity contribution in [3.05, 3.63) is 57.6 Å². The van der Waals surface area contributed by atoms with Crippen LogP contribution in [0.4, 0.5) is 5.69 Å². The van der Waals surface area contributed by atoms with Crippen LogP contribution in [0, 0.1) is 6.92 Å². The molecule has 2 aromatic rings. The number of aryl methyl sites for hydroxylation is 1. The molecule has 3 nitrogen and oxygen atoms in total. The molecule has 0 radical (unpaired) electrons. The Bertz CT molecular complexity index is 692. The van der Waals surface area contributed by atoms with Crippen LogP contribution in [0.5, 0.6) is 5.75 Å². The lowest BCUT2D eigenvalue weighted by atomic mass is 10.1. The van der Waals surface area contributed by atoms with Gasteiger partial charge >= 0.3 is 0 Å². The number of hydrogen-bond donors (Lipinski definition) is 1. The van der Waals surface area contributed by atoms with Crippen molar-refractivity contribution in [2.75, 3.05) is 17.3 Å². The average Bonchev–Trinajstić information content (AvgIpc) is 2.48. The van der Waals surface area contributed by atoms with E-state index in [-0.39, 0.29) is 5.91 Å². The van der Waals surface area contributed by atoms with E-state index in [0.717, 1.165) is 5.56 Å². The number of anilines is 1. The molecule has 0 spiro atoms. The summed E-state index contributed by atoms with van der Waals surface area (Å²) in [6.45, 7) is 2.38. The average molecular weight is 403 g/mol. The Labute approximate surface area is 147 Å². The van der Waals surface area contributed by atoms with E-state index < -0.39 is 0 Å². The van der Waals surface area contributed by atoms with Gasteiger partial charge in [-0.2, -0.15) is 0 Å². The van der Waals surface area contributed by atoms with Gasteiger partial charge in [-0.15, -0.1) is 0 Å². The van der Waals surface area contributed by atoms with Crippen LogP contribution in [0.1, 0.15) is 15.9 Å². The van der Waals surface area contributed by atoms with E-state index in [9.17, 15) is 4.79 Å². The summed E-state index contributed by atoms with van der Waals surface area (Å²) < 4.78 is 5.55. The van der Waals surface area contributed by atoms with Gasteiger partial charge in [-0.25, -0.2) is 0 Å². The summed E-state index contributed by atoms with van der Waals surface area (Å²) in [5.41, 5.74) is 1.93. The van der Waals surface area contributed by atoms with Crippen molar-refractivity contribution >= 4 is 50.7 Å². The molecule has 0 heterocycles. The van der Waals surface area contributed by atoms with Crippen LogP contribution in [0.3, 0.4) is 0 Å². The number of nitrogens with one attached hydrogen (secondary N) is 1. The van der Waals surface area contributed by atoms with Gasteiger partial charge in [-0.1, -0.05) is 45.2 Å². The molecule has 1 N–H and O–H groups in total. The third kappa shape index (κ3) is 4.38. The van der Waals surface area contributed by atoms with Crippen LogP contribution in [0.15, 0.2) is 36.4 Å². The molecular formula is C16H14BrCl2NO2. The van der Waals surface area contributed by atoms with Crippen molar-refractivity contribution in [1.82, 2.24) is 0 Å². The van der Waals surface area contributed by atoms with Gasteiger partial charge in [0.1, 0.15) is 5.75 Å². The summed E-state index contributed by atoms with van der Waals surface area (Å²) in [5.74, 6) is 0.155. The zero-order chi connectivity index (χ0) is 16.1. The van der Waals surface area contributed by atoms with Crippen molar-refractivity contribution in [3.8, 4) is 5.75 Å². The van der Waals surface area contributed by atoms with Gasteiger partial charge in [0.15, 0.2) is 0 Å². The number of benzene rings is 2. The number of alkyl halides is 1. The molecule has 0 fully saturated rings. The molecule has 0 aliphatic heterocycles. The Morgan fingerprint density at radius 3 is 2.68 bits per heavy atom. The normalized spacial score (nSPS) is 10.4. The molecule has 0 saturated heterocycles. The van der Waals surface area contributed by atoms with Crippen molar-refractivity contribution in [2.24, 2.45) is 0 Å². The van der Waals surface area contributed by atoms with Gasteiger partial charge in [-0.3, -0.25) is 4.79 Å². The van der Waals surface area contributed by atoms with Gasteiger partial charge in [0.2, 0.25) is 0 Å². The van der Waals surface area contributed by atoms with E-state index in [1.54, 1.807) is 30.3 Å². The minimum absolute atomic E-state index is 0.321. The summed E-state index contributed by atoms with van der Waals surface area (Å²) in [4.78, 5) is 12.5. The second-order valence-electron chi connectivity index (χ2n) is 4.62. The lowest BCUT2D eigenvalue weighted by Gasteiger charge is -2.12. The molecule has 0 aromatic heterocycles. The highest BCUT2D eigenvalue weighted by Crippen LogP contribution is 2.27. The molecule has 2 rings (SSSR count). The van der Waals surface area contributed by atoms with E-state index in [2.05, 4.69) is 21.2 Å². The number of carbonyl (C=O) groups is 1. The lowest BCUT2D eigenvalue weighted by molar-refractivity contribution is 0.102. The molecule has 0 aliphatic carbocycles. The van der Waals surface area contributed by atoms with Crippen LogP contribution in [0.2, 0.25) is 10.0 Å². The van der Waals surface area contributed by atoms with Crippen LogP contribution in [-0.2, 0) is 0 Å². The maximum absolute atomic E-state index is 12.5. The molecule has 2 aromatic carbocycles. The largest absolute Gasteiger partial charge is 0.492 e. The monoisotopic (exact) mass is 401 g/mol. The van der Waals surface area contributed by atoms with E-state index in [0.29, 0.717) is 39.0 Å². The molecule has 0 bridgehead atoms. The minimum Gasteiger partial charge on any atom is -0.492 e. The standard InChI is InChI=1S/C16H14BrCl2NO2/c1-10-2-4-14(13(19)8-10)20-16(21)12-9-11(18)3-5-15(12)22-7-6-17/h2-5,8-9H,6-7H2,1H3,(H,20,21).